The summed E-state index contributed by atoms with van der Waals surface area (Å²) in [5.41, 5.74) is 3.23. The molecule has 0 aromatic heterocycles. The average molecular weight is 517 g/mol. The third kappa shape index (κ3) is 3.61. The van der Waals surface area contributed by atoms with Gasteiger partial charge >= 0.3 is 0 Å². The first kappa shape index (κ1) is 24.1. The molecule has 0 amide bonds. The summed E-state index contributed by atoms with van der Waals surface area (Å²) in [7, 11) is 0. The van der Waals surface area contributed by atoms with Crippen LogP contribution in [0.5, 0.6) is 11.5 Å². The Kier molecular flexibility index (Phi) is 5.61. The van der Waals surface area contributed by atoms with Crippen molar-refractivity contribution in [2.75, 3.05) is 26.4 Å². The lowest BCUT2D eigenvalue weighted by molar-refractivity contribution is -0.00699. The molecule has 4 nitrogen and oxygen atoms in total. The highest BCUT2D eigenvalue weighted by molar-refractivity contribution is 5.98. The lowest BCUT2D eigenvalue weighted by Gasteiger charge is -2.58. The van der Waals surface area contributed by atoms with Gasteiger partial charge in [0.2, 0.25) is 0 Å². The smallest absolute Gasteiger partial charge is 0.131 e. The van der Waals surface area contributed by atoms with Gasteiger partial charge in [-0.1, -0.05) is 18.2 Å². The molecule has 0 radical (unpaired) electrons. The van der Waals surface area contributed by atoms with Crippen LogP contribution in [0.25, 0.3) is 10.8 Å². The van der Waals surface area contributed by atoms with Crippen LogP contribution in [-0.4, -0.2) is 36.6 Å². The fourth-order valence-corrected chi connectivity index (χ4v) is 11.7. The van der Waals surface area contributed by atoms with Crippen LogP contribution < -0.4 is 9.47 Å². The van der Waals surface area contributed by atoms with Gasteiger partial charge in [0.05, 0.1) is 13.2 Å². The summed E-state index contributed by atoms with van der Waals surface area (Å²) in [6.07, 6.45) is 16.2. The Hall–Kier alpha value is -1.78. The average Bonchev–Trinajstić information content (AvgIpc) is 2.89. The minimum absolute atomic E-state index is 0.0195. The molecular formula is C34H44O4. The third-order valence-electron chi connectivity index (χ3n) is 12.0. The highest BCUT2D eigenvalue weighted by atomic mass is 16.5. The molecule has 0 unspecified atom stereocenters. The van der Waals surface area contributed by atoms with Crippen LogP contribution in [0.15, 0.2) is 24.3 Å². The molecule has 0 saturated heterocycles. The minimum atomic E-state index is 0.0195. The normalized spacial score (nSPS) is 40.3. The van der Waals surface area contributed by atoms with Gasteiger partial charge in [0.25, 0.3) is 0 Å². The van der Waals surface area contributed by atoms with Gasteiger partial charge in [-0.15, -0.1) is 0 Å². The van der Waals surface area contributed by atoms with E-state index in [2.05, 4.69) is 24.3 Å². The van der Waals surface area contributed by atoms with Crippen LogP contribution in [0.2, 0.25) is 0 Å². The Morgan fingerprint density at radius 3 is 1.61 bits per heavy atom. The largest absolute Gasteiger partial charge is 0.491 e. The Balaban J connectivity index is 1.37. The lowest BCUT2D eigenvalue weighted by atomic mass is 9.47. The highest BCUT2D eigenvalue weighted by Crippen LogP contribution is 2.65. The predicted molar refractivity (Wildman–Crippen MR) is 149 cm³/mol. The summed E-state index contributed by atoms with van der Waals surface area (Å²) in [6, 6.07) is 9.17. The zero-order valence-corrected chi connectivity index (χ0v) is 22.8. The van der Waals surface area contributed by atoms with Crippen molar-refractivity contribution in [3.05, 3.63) is 35.4 Å². The zero-order chi connectivity index (χ0) is 25.5. The lowest BCUT2D eigenvalue weighted by Crippen LogP contribution is -2.49. The van der Waals surface area contributed by atoms with E-state index in [-0.39, 0.29) is 24.0 Å². The number of rotatable bonds is 8. The minimum Gasteiger partial charge on any atom is -0.491 e. The van der Waals surface area contributed by atoms with Crippen LogP contribution in [0, 0.1) is 35.5 Å². The fraction of sp³-hybridized carbons (Fsp3) is 0.706. The van der Waals surface area contributed by atoms with E-state index in [1.54, 1.807) is 0 Å². The van der Waals surface area contributed by atoms with Crippen LogP contribution in [-0.2, 0) is 10.8 Å². The molecule has 0 atom stereocenters. The van der Waals surface area contributed by atoms with E-state index in [1.165, 1.54) is 93.6 Å². The molecule has 2 N–H and O–H groups in total. The molecule has 204 valence electrons. The fourth-order valence-electron chi connectivity index (χ4n) is 11.7. The Bertz CT molecular complexity index is 1160. The summed E-state index contributed by atoms with van der Waals surface area (Å²) in [5, 5.41) is 22.0. The van der Waals surface area contributed by atoms with Crippen molar-refractivity contribution in [2.24, 2.45) is 35.5 Å². The number of hydrogen-bond donors (Lipinski definition) is 2. The number of aliphatic hydroxyl groups excluding tert-OH is 2. The molecule has 8 aliphatic carbocycles. The molecule has 0 heterocycles. The van der Waals surface area contributed by atoms with E-state index in [0.717, 1.165) is 52.4 Å². The summed E-state index contributed by atoms with van der Waals surface area (Å²) in [4.78, 5) is 0. The third-order valence-corrected chi connectivity index (χ3v) is 12.0. The van der Waals surface area contributed by atoms with Gasteiger partial charge in [0.1, 0.15) is 24.7 Å². The van der Waals surface area contributed by atoms with Gasteiger partial charge in [-0.05, 0) is 135 Å². The molecule has 4 heteroatoms. The molecule has 2 aromatic rings. The quantitative estimate of drug-likeness (QED) is 0.420. The number of aliphatic hydroxyl groups is 2. The van der Waals surface area contributed by atoms with Gasteiger partial charge in [-0.2, -0.15) is 0 Å². The molecule has 2 aromatic carbocycles. The van der Waals surface area contributed by atoms with Crippen LogP contribution in [0.4, 0.5) is 0 Å². The van der Waals surface area contributed by atoms with Gasteiger partial charge in [0, 0.05) is 16.3 Å². The van der Waals surface area contributed by atoms with E-state index >= 15 is 0 Å². The van der Waals surface area contributed by atoms with Crippen molar-refractivity contribution < 1.29 is 19.7 Å². The predicted octanol–water partition coefficient (Wildman–Crippen LogP) is 6.52. The Morgan fingerprint density at radius 1 is 0.632 bits per heavy atom. The van der Waals surface area contributed by atoms with E-state index in [9.17, 15) is 10.2 Å². The number of ether oxygens (including phenoxy) is 2. The number of benzene rings is 2. The summed E-state index contributed by atoms with van der Waals surface area (Å²) < 4.78 is 13.0. The summed E-state index contributed by atoms with van der Waals surface area (Å²) in [6.45, 7) is 0.699. The molecule has 0 spiro atoms. The molecule has 8 fully saturated rings. The first-order valence-corrected chi connectivity index (χ1v) is 15.7. The van der Waals surface area contributed by atoms with Crippen molar-refractivity contribution in [2.45, 2.75) is 87.9 Å². The second-order valence-corrected chi connectivity index (χ2v) is 14.5. The van der Waals surface area contributed by atoms with Gasteiger partial charge in [-0.3, -0.25) is 0 Å². The molecule has 8 saturated carbocycles. The second kappa shape index (κ2) is 8.86. The molecule has 8 bridgehead atoms. The zero-order valence-electron chi connectivity index (χ0n) is 22.8. The molecular weight excluding hydrogens is 472 g/mol. The van der Waals surface area contributed by atoms with Crippen molar-refractivity contribution in [1.29, 1.82) is 0 Å². The summed E-state index contributed by atoms with van der Waals surface area (Å²) in [5.74, 6) is 7.09. The van der Waals surface area contributed by atoms with Gasteiger partial charge < -0.3 is 19.7 Å². The first-order chi connectivity index (χ1) is 18.6. The van der Waals surface area contributed by atoms with Gasteiger partial charge in [-0.25, -0.2) is 0 Å². The van der Waals surface area contributed by atoms with E-state index in [0.29, 0.717) is 13.2 Å². The van der Waals surface area contributed by atoms with Crippen molar-refractivity contribution in [3.63, 3.8) is 0 Å². The van der Waals surface area contributed by atoms with E-state index in [1.807, 2.05) is 0 Å². The monoisotopic (exact) mass is 516 g/mol. The van der Waals surface area contributed by atoms with Gasteiger partial charge in [0.15, 0.2) is 0 Å². The maximum absolute atomic E-state index is 9.92. The summed E-state index contributed by atoms with van der Waals surface area (Å²) >= 11 is 0. The Morgan fingerprint density at radius 2 is 1.11 bits per heavy atom. The molecule has 38 heavy (non-hydrogen) atoms. The maximum atomic E-state index is 9.92. The van der Waals surface area contributed by atoms with E-state index in [4.69, 9.17) is 9.47 Å². The standard InChI is InChI=1S/C34H44O4/c35-4-6-37-30-14-29(34-18-24-11-25(19-34)13-26(12-24)20-34)32(38-7-5-36)31-27(30)2-1-3-28(31)33-15-21-8-22(16-33)10-23(9-21)17-33/h1-3,14,21-26,35-36H,4-13,15-20H2. The molecule has 8 aliphatic rings. The van der Waals surface area contributed by atoms with E-state index < -0.39 is 0 Å². The SMILES string of the molecule is OCCOc1cc(C23CC4CC(CC(C4)C2)C3)c(OCCO)c2c(C34CC5CC(CC(C5)C3)C4)cccc12. The van der Waals surface area contributed by atoms with Crippen LogP contribution >= 0.6 is 0 Å². The Labute approximate surface area is 227 Å². The van der Waals surface area contributed by atoms with Crippen LogP contribution in [0.3, 0.4) is 0 Å². The van der Waals surface area contributed by atoms with Crippen molar-refractivity contribution >= 4 is 10.8 Å². The molecule has 10 rings (SSSR count). The highest BCUT2D eigenvalue weighted by Gasteiger charge is 2.55. The first-order valence-electron chi connectivity index (χ1n) is 15.7. The van der Waals surface area contributed by atoms with Crippen LogP contribution in [0.1, 0.15) is 88.2 Å². The number of hydrogen-bond acceptors (Lipinski definition) is 4. The maximum Gasteiger partial charge on any atom is 0.131 e. The molecule has 0 aliphatic heterocycles. The van der Waals surface area contributed by atoms with Crippen molar-refractivity contribution in [1.82, 2.24) is 0 Å². The second-order valence-electron chi connectivity index (χ2n) is 14.5. The topological polar surface area (TPSA) is 58.9 Å². The van der Waals surface area contributed by atoms with Crippen molar-refractivity contribution in [3.8, 4) is 11.5 Å². The number of fused-ring (bicyclic) bond motifs is 1.